The standard InChI is InChI=1S/C22H23ClN2O5S2/c1-29-17-6-2-15(3-7-17)10-11-25-19-13-32(27,28)14-20(19)31-22(25)24-21(26)12-30-18-8-4-16(23)5-9-18/h2-9,19-20H,10-14H2,1H3/t19-,20+/m1/s1. The lowest BCUT2D eigenvalue weighted by Crippen LogP contribution is -2.39. The number of carbonyl (C=O) groups is 1. The van der Waals surface area contributed by atoms with Crippen molar-refractivity contribution in [2.45, 2.75) is 17.7 Å². The summed E-state index contributed by atoms with van der Waals surface area (Å²) in [6.07, 6.45) is 0.697. The summed E-state index contributed by atoms with van der Waals surface area (Å²) in [5, 5.41) is 1.04. The largest absolute Gasteiger partial charge is 0.497 e. The van der Waals surface area contributed by atoms with Gasteiger partial charge in [0.2, 0.25) is 0 Å². The van der Waals surface area contributed by atoms with Gasteiger partial charge in [-0.15, -0.1) is 0 Å². The van der Waals surface area contributed by atoms with Crippen LogP contribution in [0.2, 0.25) is 5.02 Å². The van der Waals surface area contributed by atoms with Gasteiger partial charge < -0.3 is 14.4 Å². The van der Waals surface area contributed by atoms with Gasteiger partial charge in [0, 0.05) is 16.8 Å². The summed E-state index contributed by atoms with van der Waals surface area (Å²) in [7, 11) is -1.47. The zero-order chi connectivity index (χ0) is 22.7. The molecule has 0 unspecified atom stereocenters. The number of carbonyl (C=O) groups excluding carboxylic acids is 1. The van der Waals surface area contributed by atoms with Crippen LogP contribution in [0, 0.1) is 0 Å². The number of nitrogens with zero attached hydrogens (tertiary/aromatic N) is 2. The molecule has 170 valence electrons. The monoisotopic (exact) mass is 494 g/mol. The Morgan fingerprint density at radius 2 is 1.81 bits per heavy atom. The van der Waals surface area contributed by atoms with E-state index in [1.54, 1.807) is 31.4 Å². The number of rotatable bonds is 7. The molecule has 2 atom stereocenters. The molecular weight excluding hydrogens is 472 g/mol. The molecule has 0 N–H and O–H groups in total. The summed E-state index contributed by atoms with van der Waals surface area (Å²) in [5.74, 6) is 1.08. The van der Waals surface area contributed by atoms with Crippen LogP contribution in [0.4, 0.5) is 0 Å². The zero-order valence-corrected chi connectivity index (χ0v) is 19.8. The van der Waals surface area contributed by atoms with Gasteiger partial charge >= 0.3 is 0 Å². The number of sulfone groups is 1. The summed E-state index contributed by atoms with van der Waals surface area (Å²) >= 11 is 7.23. The molecular formula is C22H23ClN2O5S2. The highest BCUT2D eigenvalue weighted by Gasteiger charge is 2.48. The molecule has 2 aliphatic heterocycles. The molecule has 0 bridgehead atoms. The number of ether oxygens (including phenoxy) is 2. The van der Waals surface area contributed by atoms with Crippen LogP contribution < -0.4 is 9.47 Å². The van der Waals surface area contributed by atoms with Crippen molar-refractivity contribution in [2.24, 2.45) is 4.99 Å². The Morgan fingerprint density at radius 3 is 2.50 bits per heavy atom. The number of hydrogen-bond acceptors (Lipinski definition) is 6. The maximum Gasteiger partial charge on any atom is 0.285 e. The van der Waals surface area contributed by atoms with Gasteiger partial charge in [0.25, 0.3) is 5.91 Å². The number of hydrogen-bond donors (Lipinski definition) is 0. The van der Waals surface area contributed by atoms with Gasteiger partial charge in [-0.2, -0.15) is 4.99 Å². The number of methoxy groups -OCH3 is 1. The Hall–Kier alpha value is -2.23. The predicted molar refractivity (Wildman–Crippen MR) is 127 cm³/mol. The Kier molecular flexibility index (Phi) is 6.97. The Bertz CT molecular complexity index is 1100. The Balaban J connectivity index is 1.44. The topological polar surface area (TPSA) is 85.3 Å². The third-order valence-corrected chi connectivity index (χ3v) is 8.87. The van der Waals surface area contributed by atoms with E-state index < -0.39 is 15.7 Å². The van der Waals surface area contributed by atoms with Crippen LogP contribution in [0.1, 0.15) is 5.56 Å². The van der Waals surface area contributed by atoms with Crippen LogP contribution in [0.15, 0.2) is 53.5 Å². The highest BCUT2D eigenvalue weighted by Crippen LogP contribution is 2.38. The summed E-state index contributed by atoms with van der Waals surface area (Å²) in [6.45, 7) is 0.367. The SMILES string of the molecule is COc1ccc(CCN2C(=NC(=O)COc3ccc(Cl)cc3)S[C@H]3CS(=O)(=O)C[C@H]32)cc1. The molecule has 10 heteroatoms. The summed E-state index contributed by atoms with van der Waals surface area (Å²) in [6, 6.07) is 14.3. The minimum atomic E-state index is -3.09. The van der Waals surface area contributed by atoms with Crippen molar-refractivity contribution in [1.82, 2.24) is 4.90 Å². The quantitative estimate of drug-likeness (QED) is 0.584. The molecule has 2 fully saturated rings. The zero-order valence-electron chi connectivity index (χ0n) is 17.4. The number of aliphatic imine (C=N–C) groups is 1. The number of thioether (sulfide) groups is 1. The maximum atomic E-state index is 12.5. The average molecular weight is 495 g/mol. The maximum absolute atomic E-state index is 12.5. The second kappa shape index (κ2) is 9.72. The van der Waals surface area contributed by atoms with Gasteiger partial charge in [-0.05, 0) is 48.4 Å². The molecule has 0 radical (unpaired) electrons. The first kappa shape index (κ1) is 22.9. The van der Waals surface area contributed by atoms with E-state index in [0.29, 0.717) is 28.9 Å². The minimum Gasteiger partial charge on any atom is -0.497 e. The van der Waals surface area contributed by atoms with Crippen molar-refractivity contribution in [3.05, 3.63) is 59.1 Å². The summed E-state index contributed by atoms with van der Waals surface area (Å²) in [4.78, 5) is 18.7. The van der Waals surface area contributed by atoms with Crippen molar-refractivity contribution < 1.29 is 22.7 Å². The van der Waals surface area contributed by atoms with Gasteiger partial charge in [0.15, 0.2) is 21.6 Å². The van der Waals surface area contributed by atoms with Crippen molar-refractivity contribution >= 4 is 44.3 Å². The first-order chi connectivity index (χ1) is 15.3. The highest BCUT2D eigenvalue weighted by atomic mass is 35.5. The fourth-order valence-electron chi connectivity index (χ4n) is 3.75. The lowest BCUT2D eigenvalue weighted by molar-refractivity contribution is -0.119. The number of amidine groups is 1. The summed E-state index contributed by atoms with van der Waals surface area (Å²) < 4.78 is 35.0. The van der Waals surface area contributed by atoms with Crippen molar-refractivity contribution in [2.75, 3.05) is 31.8 Å². The smallest absolute Gasteiger partial charge is 0.285 e. The molecule has 2 saturated heterocycles. The van der Waals surface area contributed by atoms with E-state index in [1.165, 1.54) is 11.8 Å². The number of halogens is 1. The van der Waals surface area contributed by atoms with E-state index in [2.05, 4.69) is 4.99 Å². The van der Waals surface area contributed by atoms with Crippen molar-refractivity contribution in [3.8, 4) is 11.5 Å². The van der Waals surface area contributed by atoms with Crippen LogP contribution >= 0.6 is 23.4 Å². The first-order valence-electron chi connectivity index (χ1n) is 10.1. The van der Waals surface area contributed by atoms with E-state index >= 15 is 0 Å². The van der Waals surface area contributed by atoms with E-state index in [-0.39, 0.29) is 29.4 Å². The van der Waals surface area contributed by atoms with Gasteiger partial charge in [-0.25, -0.2) is 8.42 Å². The lowest BCUT2D eigenvalue weighted by Gasteiger charge is -2.24. The third-order valence-electron chi connectivity index (χ3n) is 5.37. The Labute approximate surface area is 196 Å². The third kappa shape index (κ3) is 5.57. The fourth-order valence-corrected chi connectivity index (χ4v) is 7.87. The fraction of sp³-hybridized carbons (Fsp3) is 0.364. The van der Waals surface area contributed by atoms with Crippen molar-refractivity contribution in [3.63, 3.8) is 0 Å². The molecule has 2 aromatic carbocycles. The van der Waals surface area contributed by atoms with Crippen LogP contribution in [0.3, 0.4) is 0 Å². The highest BCUT2D eigenvalue weighted by molar-refractivity contribution is 8.15. The predicted octanol–water partition coefficient (Wildman–Crippen LogP) is 3.07. The van der Waals surface area contributed by atoms with Crippen LogP contribution in [0.5, 0.6) is 11.5 Å². The van der Waals surface area contributed by atoms with E-state index in [4.69, 9.17) is 21.1 Å². The Morgan fingerprint density at radius 1 is 1.12 bits per heavy atom. The van der Waals surface area contributed by atoms with Crippen LogP contribution in [0.25, 0.3) is 0 Å². The molecule has 2 aliphatic rings. The van der Waals surface area contributed by atoms with Gasteiger partial charge in [0.1, 0.15) is 11.5 Å². The number of fused-ring (bicyclic) bond motifs is 1. The molecule has 2 aromatic rings. The normalized spacial score (nSPS) is 22.7. The minimum absolute atomic E-state index is 0.0851. The van der Waals surface area contributed by atoms with E-state index in [9.17, 15) is 13.2 Å². The molecule has 32 heavy (non-hydrogen) atoms. The molecule has 0 aliphatic carbocycles. The van der Waals surface area contributed by atoms with Gasteiger partial charge in [-0.3, -0.25) is 4.79 Å². The van der Waals surface area contributed by atoms with Gasteiger partial charge in [-0.1, -0.05) is 35.5 Å². The van der Waals surface area contributed by atoms with Crippen LogP contribution in [-0.4, -0.2) is 67.5 Å². The van der Waals surface area contributed by atoms with E-state index in [1.807, 2.05) is 29.2 Å². The van der Waals surface area contributed by atoms with Gasteiger partial charge in [0.05, 0.1) is 24.7 Å². The molecule has 0 spiro atoms. The number of amides is 1. The molecule has 4 rings (SSSR count). The first-order valence-corrected chi connectivity index (χ1v) is 13.2. The second-order valence-corrected chi connectivity index (χ2v) is 11.4. The average Bonchev–Trinajstić information content (AvgIpc) is 3.23. The van der Waals surface area contributed by atoms with Crippen molar-refractivity contribution in [1.29, 1.82) is 0 Å². The van der Waals surface area contributed by atoms with E-state index in [0.717, 1.165) is 11.3 Å². The molecule has 7 nitrogen and oxygen atoms in total. The molecule has 1 amide bonds. The molecule has 0 saturated carbocycles. The lowest BCUT2D eigenvalue weighted by atomic mass is 10.1. The second-order valence-electron chi connectivity index (χ2n) is 7.62. The summed E-state index contributed by atoms with van der Waals surface area (Å²) in [5.41, 5.74) is 1.09. The molecule has 2 heterocycles. The molecule has 0 aromatic heterocycles. The number of benzene rings is 2. The van der Waals surface area contributed by atoms with Crippen LogP contribution in [-0.2, 0) is 21.1 Å².